The predicted molar refractivity (Wildman–Crippen MR) is 111 cm³/mol. The molecule has 0 spiro atoms. The number of amides is 3. The average molecular weight is 392 g/mol. The second-order valence-electron chi connectivity index (χ2n) is 6.46. The van der Waals surface area contributed by atoms with Crippen molar-refractivity contribution in [1.29, 1.82) is 0 Å². The Hall–Kier alpha value is -4.07. The maximum atomic E-state index is 12.1. The molecule has 0 unspecified atom stereocenters. The highest BCUT2D eigenvalue weighted by Crippen LogP contribution is 2.30. The molecule has 5 N–H and O–H groups in total. The van der Waals surface area contributed by atoms with Gasteiger partial charge in [0, 0.05) is 30.1 Å². The van der Waals surface area contributed by atoms with Crippen LogP contribution in [0.1, 0.15) is 22.8 Å². The third-order valence-corrected chi connectivity index (χ3v) is 4.16. The van der Waals surface area contributed by atoms with Crippen molar-refractivity contribution in [2.24, 2.45) is 0 Å². The number of benzene rings is 2. The Morgan fingerprint density at radius 2 is 1.41 bits per heavy atom. The van der Waals surface area contributed by atoms with Gasteiger partial charge in [-0.1, -0.05) is 29.8 Å². The van der Waals surface area contributed by atoms with Gasteiger partial charge in [-0.15, -0.1) is 0 Å². The van der Waals surface area contributed by atoms with Crippen molar-refractivity contribution in [1.82, 2.24) is 4.98 Å². The Morgan fingerprint density at radius 1 is 0.862 bits per heavy atom. The number of aryl methyl sites for hydroxylation is 1. The summed E-state index contributed by atoms with van der Waals surface area (Å²) in [6, 6.07) is 13.7. The number of nitrogens with one attached hydrogen (secondary N) is 4. The fourth-order valence-corrected chi connectivity index (χ4v) is 2.81. The molecular weight excluding hydrogens is 372 g/mol. The summed E-state index contributed by atoms with van der Waals surface area (Å²) < 4.78 is 0. The van der Waals surface area contributed by atoms with E-state index in [1.807, 2.05) is 31.2 Å². The average Bonchev–Trinajstić information content (AvgIpc) is 3.07. The molecule has 8 heteroatoms. The van der Waals surface area contributed by atoms with E-state index < -0.39 is 5.97 Å². The molecule has 0 saturated carbocycles. The number of carbonyl (C=O) groups is 3. The third-order valence-electron chi connectivity index (χ3n) is 4.16. The van der Waals surface area contributed by atoms with E-state index >= 15 is 0 Å². The molecule has 29 heavy (non-hydrogen) atoms. The molecule has 0 atom stereocenters. The van der Waals surface area contributed by atoms with Gasteiger partial charge >= 0.3 is 12.0 Å². The van der Waals surface area contributed by atoms with Gasteiger partial charge in [0.15, 0.2) is 0 Å². The minimum absolute atomic E-state index is 0.0296. The van der Waals surface area contributed by atoms with Gasteiger partial charge in [0.25, 0.3) is 0 Å². The van der Waals surface area contributed by atoms with E-state index in [1.54, 1.807) is 24.3 Å². The first-order valence-corrected chi connectivity index (χ1v) is 8.81. The number of hydrogen-bond acceptors (Lipinski definition) is 3. The predicted octanol–water partition coefficient (Wildman–Crippen LogP) is 4.29. The topological polar surface area (TPSA) is 123 Å². The molecular formula is C21H20N4O4. The number of carboxylic acid groups (broad SMARTS) is 1. The van der Waals surface area contributed by atoms with Gasteiger partial charge in [0.1, 0.15) is 11.4 Å². The normalized spacial score (nSPS) is 10.3. The fraction of sp³-hybridized carbons (Fsp3) is 0.0952. The van der Waals surface area contributed by atoms with Gasteiger partial charge in [-0.2, -0.15) is 0 Å². The van der Waals surface area contributed by atoms with Crippen LogP contribution in [0.2, 0.25) is 0 Å². The monoisotopic (exact) mass is 392 g/mol. The lowest BCUT2D eigenvalue weighted by Crippen LogP contribution is -2.19. The van der Waals surface area contributed by atoms with Crippen molar-refractivity contribution in [2.75, 3.05) is 16.0 Å². The first kappa shape index (κ1) is 19.7. The summed E-state index contributed by atoms with van der Waals surface area (Å²) >= 11 is 0. The van der Waals surface area contributed by atoms with Gasteiger partial charge in [0.2, 0.25) is 5.91 Å². The molecule has 0 saturated heterocycles. The van der Waals surface area contributed by atoms with Gasteiger partial charge in [-0.3, -0.25) is 4.79 Å². The van der Waals surface area contributed by atoms with Crippen LogP contribution in [0, 0.1) is 6.92 Å². The van der Waals surface area contributed by atoms with Gasteiger partial charge < -0.3 is 26.0 Å². The summed E-state index contributed by atoms with van der Waals surface area (Å²) in [5.41, 5.74) is 3.34. The zero-order valence-electron chi connectivity index (χ0n) is 15.9. The molecule has 0 fully saturated rings. The molecule has 1 aromatic heterocycles. The van der Waals surface area contributed by atoms with Crippen molar-refractivity contribution in [3.05, 3.63) is 65.9 Å². The van der Waals surface area contributed by atoms with E-state index in [4.69, 9.17) is 0 Å². The summed E-state index contributed by atoms with van der Waals surface area (Å²) in [6.45, 7) is 3.26. The molecule has 148 valence electrons. The minimum Gasteiger partial charge on any atom is -0.478 e. The highest BCUT2D eigenvalue weighted by molar-refractivity contribution is 6.05. The highest BCUT2D eigenvalue weighted by Gasteiger charge is 2.20. The molecule has 2 aromatic carbocycles. The quantitative estimate of drug-likeness (QED) is 0.444. The van der Waals surface area contributed by atoms with Crippen LogP contribution >= 0.6 is 0 Å². The van der Waals surface area contributed by atoms with E-state index in [1.165, 1.54) is 13.1 Å². The number of aromatic carboxylic acids is 1. The van der Waals surface area contributed by atoms with Gasteiger partial charge in [0.05, 0.1) is 0 Å². The Bertz CT molecular complexity index is 1050. The van der Waals surface area contributed by atoms with Crippen molar-refractivity contribution in [3.8, 4) is 11.1 Å². The molecule has 0 aliphatic carbocycles. The van der Waals surface area contributed by atoms with Crippen LogP contribution in [0.5, 0.6) is 0 Å². The number of H-pyrrole nitrogens is 1. The van der Waals surface area contributed by atoms with Crippen LogP contribution in [0.3, 0.4) is 0 Å². The Morgan fingerprint density at radius 3 is 1.93 bits per heavy atom. The second kappa shape index (κ2) is 8.30. The highest BCUT2D eigenvalue weighted by atomic mass is 16.4. The van der Waals surface area contributed by atoms with Crippen LogP contribution in [0.4, 0.5) is 22.0 Å². The summed E-state index contributed by atoms with van der Waals surface area (Å²) in [5.74, 6) is -1.41. The summed E-state index contributed by atoms with van der Waals surface area (Å²) in [4.78, 5) is 37.8. The molecule has 0 bridgehead atoms. The molecule has 0 aliphatic rings. The first-order valence-electron chi connectivity index (χ1n) is 8.81. The van der Waals surface area contributed by atoms with E-state index in [0.29, 0.717) is 22.5 Å². The van der Waals surface area contributed by atoms with Crippen LogP contribution in [0.15, 0.2) is 54.7 Å². The molecule has 3 rings (SSSR count). The van der Waals surface area contributed by atoms with E-state index in [-0.39, 0.29) is 23.3 Å². The SMILES string of the molecule is CC(=O)Nc1[nH]cc(-c2ccc(NC(=O)Nc3ccc(C)cc3)cc2)c1C(=O)O. The van der Waals surface area contributed by atoms with Gasteiger partial charge in [-0.05, 0) is 36.8 Å². The van der Waals surface area contributed by atoms with Crippen molar-refractivity contribution < 1.29 is 19.5 Å². The lowest BCUT2D eigenvalue weighted by atomic mass is 10.0. The second-order valence-corrected chi connectivity index (χ2v) is 6.46. The zero-order chi connectivity index (χ0) is 21.0. The molecule has 8 nitrogen and oxygen atoms in total. The Balaban J connectivity index is 1.74. The molecule has 1 heterocycles. The van der Waals surface area contributed by atoms with Crippen LogP contribution in [-0.2, 0) is 4.79 Å². The van der Waals surface area contributed by atoms with Crippen molar-refractivity contribution in [2.45, 2.75) is 13.8 Å². The van der Waals surface area contributed by atoms with E-state index in [9.17, 15) is 19.5 Å². The van der Waals surface area contributed by atoms with E-state index in [2.05, 4.69) is 20.9 Å². The summed E-state index contributed by atoms with van der Waals surface area (Å²) in [7, 11) is 0. The maximum absolute atomic E-state index is 12.1. The standard InChI is InChI=1S/C21H20N4O4/c1-12-3-7-15(8-4-12)24-21(29)25-16-9-5-14(6-10-16)17-11-22-19(23-13(2)26)18(17)20(27)28/h3-11,22H,1-2H3,(H,23,26)(H,27,28)(H2,24,25,29). The van der Waals surface area contributed by atoms with Crippen LogP contribution < -0.4 is 16.0 Å². The number of rotatable bonds is 5. The first-order chi connectivity index (χ1) is 13.8. The molecule has 3 amide bonds. The molecule has 0 radical (unpaired) electrons. The number of carbonyl (C=O) groups excluding carboxylic acids is 2. The number of aromatic nitrogens is 1. The Kier molecular flexibility index (Phi) is 5.64. The lowest BCUT2D eigenvalue weighted by molar-refractivity contribution is -0.114. The van der Waals surface area contributed by atoms with Crippen LogP contribution in [-0.4, -0.2) is 28.0 Å². The van der Waals surface area contributed by atoms with Crippen LogP contribution in [0.25, 0.3) is 11.1 Å². The maximum Gasteiger partial charge on any atom is 0.340 e. The third kappa shape index (κ3) is 4.81. The lowest BCUT2D eigenvalue weighted by Gasteiger charge is -2.09. The smallest absolute Gasteiger partial charge is 0.340 e. The van der Waals surface area contributed by atoms with Crippen molar-refractivity contribution >= 4 is 35.1 Å². The van der Waals surface area contributed by atoms with Crippen molar-refractivity contribution in [3.63, 3.8) is 0 Å². The number of anilines is 3. The summed E-state index contributed by atoms with van der Waals surface area (Å²) in [5, 5.41) is 17.4. The van der Waals surface area contributed by atoms with E-state index in [0.717, 1.165) is 5.56 Å². The number of hydrogen-bond donors (Lipinski definition) is 5. The number of carboxylic acids is 1. The number of aromatic amines is 1. The summed E-state index contributed by atoms with van der Waals surface area (Å²) in [6.07, 6.45) is 1.52. The Labute approximate surface area is 167 Å². The largest absolute Gasteiger partial charge is 0.478 e. The molecule has 3 aromatic rings. The fourth-order valence-electron chi connectivity index (χ4n) is 2.81. The minimum atomic E-state index is -1.16. The molecule has 0 aliphatic heterocycles. The van der Waals surface area contributed by atoms with Gasteiger partial charge in [-0.25, -0.2) is 9.59 Å². The number of urea groups is 1. The zero-order valence-corrected chi connectivity index (χ0v) is 15.9.